The minimum absolute atomic E-state index is 0.00634. The molecule has 64 valence electrons. The lowest BCUT2D eigenvalue weighted by atomic mass is 10.3. The smallest absolute Gasteiger partial charge is 0.142 e. The molecule has 0 atom stereocenters. The van der Waals surface area contributed by atoms with Crippen molar-refractivity contribution in [2.24, 2.45) is 5.73 Å². The Kier molecular flexibility index (Phi) is 3.11. The number of nitrogen functional groups attached to an aromatic ring is 1. The van der Waals surface area contributed by atoms with Gasteiger partial charge in [-0.15, -0.1) is 11.8 Å². The molecule has 1 aromatic rings. The summed E-state index contributed by atoms with van der Waals surface area (Å²) < 4.78 is 0.900. The van der Waals surface area contributed by atoms with E-state index in [1.54, 1.807) is 6.20 Å². The first-order valence-electron chi connectivity index (χ1n) is 3.19. The number of nitrogens with two attached hydrogens (primary N) is 1. The molecule has 1 rings (SSSR count). The van der Waals surface area contributed by atoms with E-state index in [1.807, 2.05) is 12.3 Å². The minimum atomic E-state index is 0.00634. The third-order valence-electron chi connectivity index (χ3n) is 1.29. The maximum atomic E-state index is 7.24. The Bertz CT molecular complexity index is 314. The van der Waals surface area contributed by atoms with E-state index in [2.05, 4.69) is 20.9 Å². The van der Waals surface area contributed by atoms with Crippen molar-refractivity contribution in [1.29, 1.82) is 5.41 Å². The minimum Gasteiger partial charge on any atom is -0.382 e. The Labute approximate surface area is 83.4 Å². The Morgan fingerprint density at radius 3 is 2.92 bits per heavy atom. The third kappa shape index (κ3) is 1.98. The van der Waals surface area contributed by atoms with Crippen LogP contribution in [0.1, 0.15) is 5.69 Å². The predicted octanol–water partition coefficient (Wildman–Crippen LogP) is 1.85. The largest absolute Gasteiger partial charge is 0.382 e. The topological polar surface area (TPSA) is 62.8 Å². The highest BCUT2D eigenvalue weighted by Gasteiger charge is 2.05. The second-order valence-corrected chi connectivity index (χ2v) is 3.88. The second kappa shape index (κ2) is 3.91. The first-order valence-corrected chi connectivity index (χ1v) is 5.21. The van der Waals surface area contributed by atoms with Crippen molar-refractivity contribution < 1.29 is 0 Å². The molecule has 5 heteroatoms. The van der Waals surface area contributed by atoms with Crippen LogP contribution in [0.5, 0.6) is 0 Å². The molecule has 0 aliphatic carbocycles. The molecule has 0 aliphatic rings. The van der Waals surface area contributed by atoms with E-state index in [-0.39, 0.29) is 5.84 Å². The van der Waals surface area contributed by atoms with Gasteiger partial charge < -0.3 is 5.73 Å². The molecule has 1 aromatic heterocycles. The van der Waals surface area contributed by atoms with Crippen molar-refractivity contribution in [2.75, 3.05) is 6.26 Å². The SMILES string of the molecule is CSc1cc(Br)cnc1C(=N)N. The fourth-order valence-electron chi connectivity index (χ4n) is 0.779. The van der Waals surface area contributed by atoms with Gasteiger partial charge in [0.2, 0.25) is 0 Å². The lowest BCUT2D eigenvalue weighted by molar-refractivity contribution is 1.16. The van der Waals surface area contributed by atoms with E-state index >= 15 is 0 Å². The van der Waals surface area contributed by atoms with Gasteiger partial charge in [0.25, 0.3) is 0 Å². The highest BCUT2D eigenvalue weighted by molar-refractivity contribution is 9.10. The normalized spacial score (nSPS) is 9.83. The first kappa shape index (κ1) is 9.54. The zero-order chi connectivity index (χ0) is 9.14. The van der Waals surface area contributed by atoms with Gasteiger partial charge in [-0.25, -0.2) is 0 Å². The molecule has 3 N–H and O–H groups in total. The molecule has 0 unspecified atom stereocenters. The molecule has 0 saturated carbocycles. The maximum absolute atomic E-state index is 7.24. The van der Waals surface area contributed by atoms with Crippen molar-refractivity contribution in [3.63, 3.8) is 0 Å². The Hall–Kier alpha value is -0.550. The zero-order valence-electron chi connectivity index (χ0n) is 6.47. The highest BCUT2D eigenvalue weighted by Crippen LogP contribution is 2.21. The van der Waals surface area contributed by atoms with Crippen LogP contribution in [0.15, 0.2) is 21.6 Å². The number of thioether (sulfide) groups is 1. The van der Waals surface area contributed by atoms with E-state index in [0.29, 0.717) is 5.69 Å². The number of nitrogens with one attached hydrogen (secondary N) is 1. The summed E-state index contributed by atoms with van der Waals surface area (Å²) in [4.78, 5) is 4.95. The predicted molar refractivity (Wildman–Crippen MR) is 54.7 cm³/mol. The van der Waals surface area contributed by atoms with Gasteiger partial charge in [0.1, 0.15) is 11.5 Å². The van der Waals surface area contributed by atoms with Gasteiger partial charge in [-0.05, 0) is 28.3 Å². The van der Waals surface area contributed by atoms with E-state index in [4.69, 9.17) is 11.1 Å². The quantitative estimate of drug-likeness (QED) is 0.475. The van der Waals surface area contributed by atoms with Gasteiger partial charge in [0.15, 0.2) is 0 Å². The van der Waals surface area contributed by atoms with Crippen LogP contribution in [0.25, 0.3) is 0 Å². The van der Waals surface area contributed by atoms with Crippen molar-refractivity contribution >= 4 is 33.5 Å². The number of pyridine rings is 1. The molecular weight excluding hydrogens is 238 g/mol. The van der Waals surface area contributed by atoms with E-state index in [9.17, 15) is 0 Å². The summed E-state index contributed by atoms with van der Waals surface area (Å²) >= 11 is 4.82. The number of aromatic nitrogens is 1. The van der Waals surface area contributed by atoms with E-state index in [1.165, 1.54) is 11.8 Å². The number of nitrogens with zero attached hydrogens (tertiary/aromatic N) is 1. The summed E-state index contributed by atoms with van der Waals surface area (Å²) in [7, 11) is 0. The molecule has 0 fully saturated rings. The van der Waals surface area contributed by atoms with Crippen molar-refractivity contribution in [3.8, 4) is 0 Å². The van der Waals surface area contributed by atoms with Crippen LogP contribution in [-0.4, -0.2) is 17.1 Å². The van der Waals surface area contributed by atoms with Gasteiger partial charge in [-0.2, -0.15) is 0 Å². The summed E-state index contributed by atoms with van der Waals surface area (Å²) in [6.07, 6.45) is 3.56. The summed E-state index contributed by atoms with van der Waals surface area (Å²) in [6.45, 7) is 0. The van der Waals surface area contributed by atoms with E-state index in [0.717, 1.165) is 9.37 Å². The molecular formula is C7H8BrN3S. The molecule has 0 bridgehead atoms. The molecule has 0 saturated heterocycles. The van der Waals surface area contributed by atoms with Crippen LogP contribution in [-0.2, 0) is 0 Å². The Balaban J connectivity index is 3.20. The van der Waals surface area contributed by atoms with Crippen LogP contribution >= 0.6 is 27.7 Å². The Morgan fingerprint density at radius 2 is 2.42 bits per heavy atom. The lowest BCUT2D eigenvalue weighted by Gasteiger charge is -2.03. The molecule has 3 nitrogen and oxygen atoms in total. The number of rotatable bonds is 2. The number of hydrogen-bond acceptors (Lipinski definition) is 3. The average Bonchev–Trinajstić information content (AvgIpc) is 2.03. The van der Waals surface area contributed by atoms with E-state index < -0.39 is 0 Å². The monoisotopic (exact) mass is 245 g/mol. The van der Waals surface area contributed by atoms with Gasteiger partial charge in [-0.1, -0.05) is 0 Å². The molecule has 0 radical (unpaired) electrons. The fourth-order valence-corrected chi connectivity index (χ4v) is 1.86. The summed E-state index contributed by atoms with van der Waals surface area (Å²) in [6, 6.07) is 1.90. The molecule has 0 amide bonds. The highest BCUT2D eigenvalue weighted by atomic mass is 79.9. The van der Waals surface area contributed by atoms with Crippen LogP contribution in [0.3, 0.4) is 0 Å². The summed E-state index contributed by atoms with van der Waals surface area (Å²) in [5.41, 5.74) is 5.88. The first-order chi connectivity index (χ1) is 5.65. The van der Waals surface area contributed by atoms with Gasteiger partial charge >= 0.3 is 0 Å². The van der Waals surface area contributed by atoms with Crippen LogP contribution in [0.4, 0.5) is 0 Å². The van der Waals surface area contributed by atoms with Crippen molar-refractivity contribution in [3.05, 3.63) is 22.4 Å². The number of amidine groups is 1. The lowest BCUT2D eigenvalue weighted by Crippen LogP contribution is -2.14. The van der Waals surface area contributed by atoms with Gasteiger partial charge in [0.05, 0.1) is 0 Å². The number of hydrogen-bond donors (Lipinski definition) is 2. The standard InChI is InChI=1S/C7H8BrN3S/c1-12-5-2-4(8)3-11-6(5)7(9)10/h2-3H,1H3,(H3,9,10). The van der Waals surface area contributed by atoms with Crippen molar-refractivity contribution in [2.45, 2.75) is 4.90 Å². The fraction of sp³-hybridized carbons (Fsp3) is 0.143. The third-order valence-corrected chi connectivity index (χ3v) is 2.48. The molecule has 0 spiro atoms. The van der Waals surface area contributed by atoms with Crippen LogP contribution in [0.2, 0.25) is 0 Å². The molecule has 0 aliphatic heterocycles. The number of halogens is 1. The maximum Gasteiger partial charge on any atom is 0.142 e. The average molecular weight is 246 g/mol. The zero-order valence-corrected chi connectivity index (χ0v) is 8.87. The molecule has 12 heavy (non-hydrogen) atoms. The second-order valence-electron chi connectivity index (χ2n) is 2.12. The summed E-state index contributed by atoms with van der Waals surface area (Å²) in [5.74, 6) is 0.00634. The Morgan fingerprint density at radius 1 is 1.75 bits per heavy atom. The van der Waals surface area contributed by atoms with Crippen LogP contribution < -0.4 is 5.73 Å². The van der Waals surface area contributed by atoms with Gasteiger partial charge in [-0.3, -0.25) is 10.4 Å². The van der Waals surface area contributed by atoms with Crippen molar-refractivity contribution in [1.82, 2.24) is 4.98 Å². The molecule has 1 heterocycles. The van der Waals surface area contributed by atoms with Gasteiger partial charge in [0, 0.05) is 15.6 Å². The van der Waals surface area contributed by atoms with Crippen LogP contribution in [0, 0.1) is 5.41 Å². The summed E-state index contributed by atoms with van der Waals surface area (Å²) in [5, 5.41) is 7.24. The molecule has 0 aromatic carbocycles.